The molecule has 0 aliphatic rings. The lowest BCUT2D eigenvalue weighted by atomic mass is 10.1. The number of aromatic nitrogens is 5. The van der Waals surface area contributed by atoms with Crippen molar-refractivity contribution in [3.8, 4) is 11.3 Å². The third-order valence-electron chi connectivity index (χ3n) is 4.48. The van der Waals surface area contributed by atoms with Gasteiger partial charge >= 0.3 is 0 Å². The zero-order valence-electron chi connectivity index (χ0n) is 16.4. The van der Waals surface area contributed by atoms with Crippen LogP contribution in [0.25, 0.3) is 22.3 Å². The number of fused-ring (bicyclic) bond motifs is 1. The molecule has 0 spiro atoms. The quantitative estimate of drug-likeness (QED) is 0.444. The summed E-state index contributed by atoms with van der Waals surface area (Å²) < 4.78 is 37.5. The van der Waals surface area contributed by atoms with Crippen LogP contribution in [0.5, 0.6) is 0 Å². The molecule has 0 bridgehead atoms. The Hall–Kier alpha value is -3.60. The number of anilines is 3. The van der Waals surface area contributed by atoms with Gasteiger partial charge in [0.05, 0.1) is 16.2 Å². The lowest BCUT2D eigenvalue weighted by Gasteiger charge is -2.10. The van der Waals surface area contributed by atoms with E-state index in [1.54, 1.807) is 32.3 Å². The minimum atomic E-state index is -3.34. The average molecular weight is 427 g/mol. The molecule has 0 fully saturated rings. The number of hydrogen-bond acceptors (Lipinski definition) is 8. The summed E-state index contributed by atoms with van der Waals surface area (Å²) in [4.78, 5) is 13.1. The molecule has 4 rings (SSSR count). The van der Waals surface area contributed by atoms with Crippen molar-refractivity contribution in [3.05, 3.63) is 48.0 Å². The predicted octanol–water partition coefficient (Wildman–Crippen LogP) is 3.05. The van der Waals surface area contributed by atoms with Gasteiger partial charge in [0.25, 0.3) is 0 Å². The summed E-state index contributed by atoms with van der Waals surface area (Å²) in [6.45, 7) is 1.58. The van der Waals surface area contributed by atoms with Gasteiger partial charge < -0.3 is 10.6 Å². The number of sulfone groups is 1. The molecule has 3 heterocycles. The summed E-state index contributed by atoms with van der Waals surface area (Å²) in [5, 5.41) is 13.5. The maximum absolute atomic E-state index is 14.0. The number of pyridine rings is 1. The van der Waals surface area contributed by atoms with Crippen LogP contribution in [0.4, 0.5) is 21.8 Å². The van der Waals surface area contributed by atoms with Gasteiger partial charge in [-0.05, 0) is 31.2 Å². The predicted molar refractivity (Wildman–Crippen MR) is 112 cm³/mol. The van der Waals surface area contributed by atoms with E-state index >= 15 is 0 Å². The molecule has 9 nitrogen and oxygen atoms in total. The lowest BCUT2D eigenvalue weighted by molar-refractivity contribution is 0.602. The largest absolute Gasteiger partial charge is 0.372 e. The smallest absolute Gasteiger partial charge is 0.229 e. The number of aryl methyl sites for hydroxylation is 1. The zero-order valence-corrected chi connectivity index (χ0v) is 17.2. The fourth-order valence-electron chi connectivity index (χ4n) is 2.96. The number of halogens is 1. The Morgan fingerprint density at radius 1 is 1.17 bits per heavy atom. The molecule has 30 heavy (non-hydrogen) atoms. The maximum Gasteiger partial charge on any atom is 0.229 e. The first-order valence-corrected chi connectivity index (χ1v) is 10.8. The Kier molecular flexibility index (Phi) is 4.82. The summed E-state index contributed by atoms with van der Waals surface area (Å²) in [6, 6.07) is 7.73. The Morgan fingerprint density at radius 3 is 2.70 bits per heavy atom. The van der Waals surface area contributed by atoms with Gasteiger partial charge in [-0.25, -0.2) is 22.8 Å². The van der Waals surface area contributed by atoms with Crippen LogP contribution in [0.2, 0.25) is 0 Å². The highest BCUT2D eigenvalue weighted by atomic mass is 32.2. The Balaban J connectivity index is 1.72. The van der Waals surface area contributed by atoms with Crippen LogP contribution in [-0.2, 0) is 9.84 Å². The van der Waals surface area contributed by atoms with Crippen LogP contribution in [0.3, 0.4) is 0 Å². The Labute approximate surface area is 171 Å². The van der Waals surface area contributed by atoms with Crippen molar-refractivity contribution < 1.29 is 12.8 Å². The molecule has 1 aromatic carbocycles. The number of nitrogens with one attached hydrogen (secondary N) is 3. The summed E-state index contributed by atoms with van der Waals surface area (Å²) >= 11 is 0. The van der Waals surface area contributed by atoms with Crippen LogP contribution in [0.15, 0.2) is 41.4 Å². The molecule has 0 unspecified atom stereocenters. The molecule has 11 heteroatoms. The second-order valence-corrected chi connectivity index (χ2v) is 8.67. The van der Waals surface area contributed by atoms with Crippen LogP contribution >= 0.6 is 0 Å². The van der Waals surface area contributed by atoms with Crippen molar-refractivity contribution in [2.24, 2.45) is 0 Å². The highest BCUT2D eigenvalue weighted by Gasteiger charge is 2.17. The van der Waals surface area contributed by atoms with Crippen LogP contribution in [-0.4, -0.2) is 46.9 Å². The van der Waals surface area contributed by atoms with Crippen molar-refractivity contribution in [2.45, 2.75) is 11.8 Å². The molecule has 0 saturated heterocycles. The molecular formula is C19H18FN7O2S. The van der Waals surface area contributed by atoms with Gasteiger partial charge in [0.1, 0.15) is 17.3 Å². The highest BCUT2D eigenvalue weighted by molar-refractivity contribution is 7.90. The number of hydrogen-bond donors (Lipinski definition) is 3. The molecule has 0 aliphatic carbocycles. The first-order valence-electron chi connectivity index (χ1n) is 8.90. The van der Waals surface area contributed by atoms with Crippen molar-refractivity contribution in [1.82, 2.24) is 25.1 Å². The van der Waals surface area contributed by atoms with Crippen molar-refractivity contribution >= 4 is 38.3 Å². The van der Waals surface area contributed by atoms with Crippen LogP contribution in [0, 0.1) is 12.7 Å². The molecule has 3 N–H and O–H groups in total. The van der Waals surface area contributed by atoms with E-state index < -0.39 is 15.7 Å². The van der Waals surface area contributed by atoms with Crippen LogP contribution in [0.1, 0.15) is 5.69 Å². The van der Waals surface area contributed by atoms with E-state index in [1.165, 1.54) is 18.2 Å². The van der Waals surface area contributed by atoms with Gasteiger partial charge in [-0.1, -0.05) is 6.07 Å². The SMILES string of the molecule is CNc1nc(Nc2cccc(S(C)(=O)=O)c2)ncc1-c1n[nH]c2nc(C)c(F)cc12. The molecule has 3 aromatic heterocycles. The first-order chi connectivity index (χ1) is 14.3. The molecule has 0 aliphatic heterocycles. The van der Waals surface area contributed by atoms with Crippen molar-refractivity contribution in [3.63, 3.8) is 0 Å². The van der Waals surface area contributed by atoms with Gasteiger partial charge in [-0.2, -0.15) is 10.1 Å². The van der Waals surface area contributed by atoms with Gasteiger partial charge in [0, 0.05) is 30.6 Å². The molecule has 0 atom stereocenters. The van der Waals surface area contributed by atoms with E-state index in [-0.39, 0.29) is 16.5 Å². The van der Waals surface area contributed by atoms with Crippen LogP contribution < -0.4 is 10.6 Å². The summed E-state index contributed by atoms with van der Waals surface area (Å²) in [7, 11) is -1.64. The standard InChI is InChI=1S/C19H18FN7O2S/c1-10-15(20)8-13-16(26-27-18(13)23-10)14-9-22-19(25-17(14)21-2)24-11-5-4-6-12(7-11)30(3,28)29/h4-9H,1-3H3,(H,23,26,27)(H2,21,22,24,25). The Morgan fingerprint density at radius 2 is 1.97 bits per heavy atom. The lowest BCUT2D eigenvalue weighted by Crippen LogP contribution is -2.04. The second-order valence-electron chi connectivity index (χ2n) is 6.65. The number of rotatable bonds is 5. The molecule has 154 valence electrons. The second kappa shape index (κ2) is 7.34. The minimum absolute atomic E-state index is 0.186. The van der Waals surface area contributed by atoms with E-state index in [4.69, 9.17) is 0 Å². The molecular weight excluding hydrogens is 409 g/mol. The molecule has 4 aromatic rings. The summed E-state index contributed by atoms with van der Waals surface area (Å²) in [6.07, 6.45) is 2.69. The third-order valence-corrected chi connectivity index (χ3v) is 5.59. The van der Waals surface area contributed by atoms with Gasteiger partial charge in [0.2, 0.25) is 5.95 Å². The maximum atomic E-state index is 14.0. The first kappa shape index (κ1) is 19.7. The average Bonchev–Trinajstić information content (AvgIpc) is 3.10. The topological polar surface area (TPSA) is 126 Å². The fraction of sp³-hybridized carbons (Fsp3) is 0.158. The molecule has 0 saturated carbocycles. The third kappa shape index (κ3) is 3.66. The van der Waals surface area contributed by atoms with Gasteiger partial charge in [0.15, 0.2) is 15.5 Å². The summed E-state index contributed by atoms with van der Waals surface area (Å²) in [5.41, 5.74) is 2.29. The minimum Gasteiger partial charge on any atom is -0.372 e. The number of aromatic amines is 1. The highest BCUT2D eigenvalue weighted by Crippen LogP contribution is 2.31. The van der Waals surface area contributed by atoms with Gasteiger partial charge in [-0.3, -0.25) is 5.10 Å². The van der Waals surface area contributed by atoms with E-state index in [1.807, 2.05) is 0 Å². The molecule has 0 radical (unpaired) electrons. The van der Waals surface area contributed by atoms with Crippen molar-refractivity contribution in [1.29, 1.82) is 0 Å². The Bertz CT molecular complexity index is 1370. The van der Waals surface area contributed by atoms with E-state index in [9.17, 15) is 12.8 Å². The normalized spacial score (nSPS) is 11.6. The molecule has 0 amide bonds. The van der Waals surface area contributed by atoms with E-state index in [0.29, 0.717) is 33.8 Å². The fourth-order valence-corrected chi connectivity index (χ4v) is 3.63. The van der Waals surface area contributed by atoms with E-state index in [2.05, 4.69) is 35.8 Å². The number of H-pyrrole nitrogens is 1. The summed E-state index contributed by atoms with van der Waals surface area (Å²) in [5.74, 6) is 0.288. The van der Waals surface area contributed by atoms with Gasteiger partial charge in [-0.15, -0.1) is 0 Å². The zero-order chi connectivity index (χ0) is 21.5. The van der Waals surface area contributed by atoms with E-state index in [0.717, 1.165) is 6.26 Å². The monoisotopic (exact) mass is 427 g/mol. The van der Waals surface area contributed by atoms with Crippen molar-refractivity contribution in [2.75, 3.05) is 23.9 Å². The number of benzene rings is 1. The number of nitrogens with zero attached hydrogens (tertiary/aromatic N) is 4.